The van der Waals surface area contributed by atoms with Crippen LogP contribution >= 0.6 is 35.0 Å². The van der Waals surface area contributed by atoms with E-state index in [0.717, 1.165) is 10.5 Å². The highest BCUT2D eigenvalue weighted by atomic mass is 35.5. The standard InChI is InChI=1S/C15H14Cl2N2S/c16-11-6-7-12(17)14(8-11)20-13(9-15(18)19)10-4-2-1-3-5-10/h1-8,13H,9H2,(H3,18,19). The van der Waals surface area contributed by atoms with Crippen LogP contribution in [0.2, 0.25) is 10.0 Å². The minimum atomic E-state index is 0.0460. The zero-order chi connectivity index (χ0) is 14.5. The Morgan fingerprint density at radius 3 is 2.50 bits per heavy atom. The highest BCUT2D eigenvalue weighted by Gasteiger charge is 2.16. The highest BCUT2D eigenvalue weighted by Crippen LogP contribution is 2.41. The molecule has 0 fully saturated rings. The lowest BCUT2D eigenvalue weighted by molar-refractivity contribution is 0.985. The first-order chi connectivity index (χ1) is 9.56. The molecule has 0 radical (unpaired) electrons. The molecule has 0 bridgehead atoms. The van der Waals surface area contributed by atoms with E-state index < -0.39 is 0 Å². The first-order valence-electron chi connectivity index (χ1n) is 6.06. The molecular formula is C15H14Cl2N2S. The molecule has 3 N–H and O–H groups in total. The fourth-order valence-electron chi connectivity index (χ4n) is 1.82. The molecule has 1 unspecified atom stereocenters. The van der Waals surface area contributed by atoms with E-state index in [-0.39, 0.29) is 11.1 Å². The molecule has 104 valence electrons. The molecular weight excluding hydrogens is 311 g/mol. The van der Waals surface area contributed by atoms with Gasteiger partial charge in [-0.25, -0.2) is 0 Å². The lowest BCUT2D eigenvalue weighted by Crippen LogP contribution is -2.13. The van der Waals surface area contributed by atoms with Crippen molar-refractivity contribution in [2.75, 3.05) is 0 Å². The van der Waals surface area contributed by atoms with Crippen molar-refractivity contribution in [1.82, 2.24) is 0 Å². The summed E-state index contributed by atoms with van der Waals surface area (Å²) in [6, 6.07) is 15.3. The number of thioether (sulfide) groups is 1. The molecule has 0 aromatic heterocycles. The van der Waals surface area contributed by atoms with Crippen LogP contribution in [0.5, 0.6) is 0 Å². The SMILES string of the molecule is N=C(N)CC(Sc1cc(Cl)ccc1Cl)c1ccccc1. The van der Waals surface area contributed by atoms with Crippen LogP contribution in [-0.4, -0.2) is 5.84 Å². The van der Waals surface area contributed by atoms with Gasteiger partial charge in [0.1, 0.15) is 0 Å². The summed E-state index contributed by atoms with van der Waals surface area (Å²) in [5.41, 5.74) is 6.68. The van der Waals surface area contributed by atoms with Gasteiger partial charge in [-0.2, -0.15) is 0 Å². The van der Waals surface area contributed by atoms with E-state index in [9.17, 15) is 0 Å². The van der Waals surface area contributed by atoms with E-state index in [4.69, 9.17) is 34.3 Å². The van der Waals surface area contributed by atoms with Gasteiger partial charge in [-0.05, 0) is 23.8 Å². The number of amidine groups is 1. The lowest BCUT2D eigenvalue weighted by Gasteiger charge is -2.17. The van der Waals surface area contributed by atoms with E-state index in [1.165, 1.54) is 0 Å². The third-order valence-corrected chi connectivity index (χ3v) is 4.73. The Hall–Kier alpha value is -1.16. The molecule has 20 heavy (non-hydrogen) atoms. The number of hydrogen-bond acceptors (Lipinski definition) is 2. The maximum absolute atomic E-state index is 7.54. The molecule has 0 aliphatic heterocycles. The minimum absolute atomic E-state index is 0.0460. The molecule has 2 aromatic carbocycles. The third kappa shape index (κ3) is 4.17. The summed E-state index contributed by atoms with van der Waals surface area (Å²) in [4.78, 5) is 0.897. The molecule has 0 aliphatic rings. The molecule has 2 aromatic rings. The highest BCUT2D eigenvalue weighted by molar-refractivity contribution is 7.99. The summed E-state index contributed by atoms with van der Waals surface area (Å²) in [5, 5.41) is 8.89. The van der Waals surface area contributed by atoms with Gasteiger partial charge in [0.2, 0.25) is 0 Å². The maximum atomic E-state index is 7.54. The number of nitrogens with one attached hydrogen (secondary N) is 1. The van der Waals surface area contributed by atoms with E-state index in [1.807, 2.05) is 36.4 Å². The summed E-state index contributed by atoms with van der Waals surface area (Å²) in [7, 11) is 0. The Labute approximate surface area is 132 Å². The van der Waals surface area contributed by atoms with Gasteiger partial charge in [0, 0.05) is 21.6 Å². The van der Waals surface area contributed by atoms with Crippen molar-refractivity contribution in [1.29, 1.82) is 5.41 Å². The van der Waals surface area contributed by atoms with Crippen molar-refractivity contribution in [3.8, 4) is 0 Å². The Balaban J connectivity index is 2.28. The lowest BCUT2D eigenvalue weighted by atomic mass is 10.1. The summed E-state index contributed by atoms with van der Waals surface area (Å²) < 4.78 is 0. The predicted molar refractivity (Wildman–Crippen MR) is 88.0 cm³/mol. The van der Waals surface area contributed by atoms with Crippen LogP contribution in [0.4, 0.5) is 0 Å². The number of hydrogen-bond donors (Lipinski definition) is 2. The van der Waals surface area contributed by atoms with E-state index >= 15 is 0 Å². The second kappa shape index (κ2) is 7.02. The van der Waals surface area contributed by atoms with Gasteiger partial charge in [-0.3, -0.25) is 5.41 Å². The number of halogens is 2. The number of nitrogens with two attached hydrogens (primary N) is 1. The maximum Gasteiger partial charge on any atom is 0.0920 e. The van der Waals surface area contributed by atoms with Crippen LogP contribution in [0, 0.1) is 5.41 Å². The predicted octanol–water partition coefficient (Wildman–Crippen LogP) is 5.15. The van der Waals surface area contributed by atoms with E-state index in [1.54, 1.807) is 23.9 Å². The molecule has 0 saturated heterocycles. The van der Waals surface area contributed by atoms with Crippen molar-refractivity contribution in [2.24, 2.45) is 5.73 Å². The van der Waals surface area contributed by atoms with Crippen LogP contribution in [-0.2, 0) is 0 Å². The number of rotatable bonds is 5. The average molecular weight is 325 g/mol. The molecule has 1 atom stereocenters. The summed E-state index contributed by atoms with van der Waals surface area (Å²) in [6.45, 7) is 0. The van der Waals surface area contributed by atoms with E-state index in [2.05, 4.69) is 0 Å². The molecule has 0 aliphatic carbocycles. The summed E-state index contributed by atoms with van der Waals surface area (Å²) >= 11 is 13.8. The third-order valence-electron chi connectivity index (χ3n) is 2.74. The van der Waals surface area contributed by atoms with Crippen molar-refractivity contribution in [3.05, 3.63) is 64.1 Å². The van der Waals surface area contributed by atoms with Gasteiger partial charge in [0.25, 0.3) is 0 Å². The zero-order valence-corrected chi connectivity index (χ0v) is 13.0. The zero-order valence-electron chi connectivity index (χ0n) is 10.6. The Kier molecular flexibility index (Phi) is 5.35. The van der Waals surface area contributed by atoms with Crippen molar-refractivity contribution in [3.63, 3.8) is 0 Å². The van der Waals surface area contributed by atoms with Crippen molar-refractivity contribution < 1.29 is 0 Å². The fourth-order valence-corrected chi connectivity index (χ4v) is 3.54. The van der Waals surface area contributed by atoms with Crippen molar-refractivity contribution in [2.45, 2.75) is 16.6 Å². The smallest absolute Gasteiger partial charge is 0.0920 e. The average Bonchev–Trinajstić information content (AvgIpc) is 2.42. The molecule has 5 heteroatoms. The second-order valence-electron chi connectivity index (χ2n) is 4.32. The molecule has 2 rings (SSSR count). The van der Waals surface area contributed by atoms with Gasteiger partial charge >= 0.3 is 0 Å². The molecule has 0 amide bonds. The van der Waals surface area contributed by atoms with Crippen molar-refractivity contribution >= 4 is 40.8 Å². The Morgan fingerprint density at radius 2 is 1.85 bits per heavy atom. The Morgan fingerprint density at radius 1 is 1.15 bits per heavy atom. The second-order valence-corrected chi connectivity index (χ2v) is 6.41. The van der Waals surface area contributed by atoms with Crippen LogP contribution < -0.4 is 5.73 Å². The fraction of sp³-hybridized carbons (Fsp3) is 0.133. The Bertz CT molecular complexity index is 602. The van der Waals surface area contributed by atoms with Crippen LogP contribution in [0.25, 0.3) is 0 Å². The number of benzene rings is 2. The van der Waals surface area contributed by atoms with Gasteiger partial charge in [0.15, 0.2) is 0 Å². The van der Waals surface area contributed by atoms with Crippen LogP contribution in [0.15, 0.2) is 53.4 Å². The largest absolute Gasteiger partial charge is 0.388 e. The minimum Gasteiger partial charge on any atom is -0.388 e. The van der Waals surface area contributed by atoms with Gasteiger partial charge in [0.05, 0.1) is 10.9 Å². The topological polar surface area (TPSA) is 49.9 Å². The van der Waals surface area contributed by atoms with Crippen LogP contribution in [0.3, 0.4) is 0 Å². The molecule has 0 heterocycles. The molecule has 0 spiro atoms. The monoisotopic (exact) mass is 324 g/mol. The van der Waals surface area contributed by atoms with Gasteiger partial charge in [-0.15, -0.1) is 11.8 Å². The quantitative estimate of drug-likeness (QED) is 0.453. The molecule has 0 saturated carbocycles. The van der Waals surface area contributed by atoms with Gasteiger partial charge < -0.3 is 5.73 Å². The van der Waals surface area contributed by atoms with Crippen LogP contribution in [0.1, 0.15) is 17.2 Å². The first kappa shape index (κ1) is 15.2. The first-order valence-corrected chi connectivity index (χ1v) is 7.69. The normalized spacial score (nSPS) is 12.1. The van der Waals surface area contributed by atoms with Gasteiger partial charge in [-0.1, -0.05) is 53.5 Å². The molecule has 2 nitrogen and oxygen atoms in total. The van der Waals surface area contributed by atoms with E-state index in [0.29, 0.717) is 16.5 Å². The summed E-state index contributed by atoms with van der Waals surface area (Å²) in [5.74, 6) is 0.157. The summed E-state index contributed by atoms with van der Waals surface area (Å²) in [6.07, 6.45) is 0.470.